The Bertz CT molecular complexity index is 1310. The first-order valence-electron chi connectivity index (χ1n) is 12.2. The Hall–Kier alpha value is -3.68. The minimum absolute atomic E-state index is 0.319. The van der Waals surface area contributed by atoms with Crippen LogP contribution in [0.4, 0.5) is 4.39 Å². The third-order valence-corrected chi connectivity index (χ3v) is 7.37. The third kappa shape index (κ3) is 4.59. The van der Waals surface area contributed by atoms with Gasteiger partial charge < -0.3 is 26.2 Å². The van der Waals surface area contributed by atoms with Gasteiger partial charge in [-0.3, -0.25) is 4.98 Å². The molecule has 1 aliphatic heterocycles. The van der Waals surface area contributed by atoms with Gasteiger partial charge in [0.1, 0.15) is 28.7 Å². The number of pyridine rings is 2. The number of nitrogens with zero attached hydrogens (tertiary/aromatic N) is 4. The minimum Gasteiger partial charge on any atom is -0.479 e. The standard InChI is InChI=1S/C26H30FN7O2/c1-16(33-20-9-26(10-20)4-6-30-7-5-26)24(29)17-8-22(25-18(11-28)12-32-34(25)14-17)36-23(15-35)21-3-2-19(27)13-31-21/h2-3,8,12-14,20,23,30,33,35H,4-7,9-10,15,29H2,1H3/b24-16-. The molecule has 1 saturated carbocycles. The summed E-state index contributed by atoms with van der Waals surface area (Å²) in [5.74, 6) is -0.166. The number of nitrogens with one attached hydrogen (secondary N) is 2. The zero-order valence-electron chi connectivity index (χ0n) is 20.2. The summed E-state index contributed by atoms with van der Waals surface area (Å²) >= 11 is 0. The van der Waals surface area contributed by atoms with Crippen LogP contribution in [0.15, 0.2) is 42.5 Å². The number of aromatic nitrogens is 3. The fraction of sp³-hybridized carbons (Fsp3) is 0.423. The second-order valence-electron chi connectivity index (χ2n) is 9.78. The average Bonchev–Trinajstić information content (AvgIpc) is 3.30. The number of rotatable bonds is 7. The van der Waals surface area contributed by atoms with Crippen molar-refractivity contribution in [2.24, 2.45) is 11.1 Å². The number of aliphatic hydroxyl groups excluding tert-OH is 1. The van der Waals surface area contributed by atoms with Crippen LogP contribution in [0, 0.1) is 22.6 Å². The molecule has 9 nitrogen and oxygen atoms in total. The topological polar surface area (TPSA) is 134 Å². The van der Waals surface area contributed by atoms with Crippen molar-refractivity contribution in [3.63, 3.8) is 0 Å². The lowest BCUT2D eigenvalue weighted by molar-refractivity contribution is 0.0506. The molecule has 36 heavy (non-hydrogen) atoms. The number of halogens is 1. The lowest BCUT2D eigenvalue weighted by Crippen LogP contribution is -2.52. The summed E-state index contributed by atoms with van der Waals surface area (Å²) in [6, 6.07) is 6.95. The fourth-order valence-corrected chi connectivity index (χ4v) is 5.38. The predicted molar refractivity (Wildman–Crippen MR) is 132 cm³/mol. The number of piperidine rings is 1. The number of nitrogens with two attached hydrogens (primary N) is 1. The maximum Gasteiger partial charge on any atom is 0.163 e. The van der Waals surface area contributed by atoms with Crippen molar-refractivity contribution < 1.29 is 14.2 Å². The van der Waals surface area contributed by atoms with Gasteiger partial charge in [-0.05, 0) is 69.3 Å². The van der Waals surface area contributed by atoms with Crippen molar-refractivity contribution in [1.82, 2.24) is 25.2 Å². The van der Waals surface area contributed by atoms with Crippen LogP contribution in [0.25, 0.3) is 11.2 Å². The summed E-state index contributed by atoms with van der Waals surface area (Å²) in [6.45, 7) is 3.73. The predicted octanol–water partition coefficient (Wildman–Crippen LogP) is 2.62. The number of hydrogen-bond acceptors (Lipinski definition) is 8. The van der Waals surface area contributed by atoms with Crippen molar-refractivity contribution in [3.8, 4) is 11.8 Å². The molecular formula is C26H30FN7O2. The van der Waals surface area contributed by atoms with E-state index >= 15 is 0 Å². The van der Waals surface area contributed by atoms with Gasteiger partial charge in [0.25, 0.3) is 0 Å². The van der Waals surface area contributed by atoms with E-state index in [-0.39, 0.29) is 0 Å². The highest BCUT2D eigenvalue weighted by molar-refractivity contribution is 5.74. The monoisotopic (exact) mass is 491 g/mol. The molecule has 2 fully saturated rings. The summed E-state index contributed by atoms with van der Waals surface area (Å²) in [7, 11) is 0. The molecular weight excluding hydrogens is 461 g/mol. The summed E-state index contributed by atoms with van der Waals surface area (Å²) in [6.07, 6.45) is 8.12. The maximum atomic E-state index is 13.3. The van der Waals surface area contributed by atoms with E-state index in [4.69, 9.17) is 10.5 Å². The highest BCUT2D eigenvalue weighted by atomic mass is 19.1. The Kier molecular flexibility index (Phi) is 6.51. The summed E-state index contributed by atoms with van der Waals surface area (Å²) in [4.78, 5) is 4.03. The quantitative estimate of drug-likeness (QED) is 0.396. The molecule has 2 aliphatic rings. The van der Waals surface area contributed by atoms with Crippen LogP contribution >= 0.6 is 0 Å². The van der Waals surface area contributed by atoms with Crippen LogP contribution in [0.1, 0.15) is 55.5 Å². The number of nitriles is 1. The number of fused-ring (bicyclic) bond motifs is 1. The van der Waals surface area contributed by atoms with Crippen LogP contribution in [0.5, 0.6) is 5.75 Å². The molecule has 1 saturated heterocycles. The van der Waals surface area contributed by atoms with Gasteiger partial charge in [-0.25, -0.2) is 8.91 Å². The van der Waals surface area contributed by atoms with E-state index in [0.29, 0.717) is 45.2 Å². The Morgan fingerprint density at radius 1 is 1.39 bits per heavy atom. The highest BCUT2D eigenvalue weighted by Crippen LogP contribution is 2.48. The zero-order valence-corrected chi connectivity index (χ0v) is 20.2. The SMILES string of the molecule is C/C(NC1CC2(CCNCC2)C1)=C(/N)c1cc(OC(CO)c2ccc(F)cn2)c2c(C#N)cnn2c1. The van der Waals surface area contributed by atoms with Crippen LogP contribution in [-0.4, -0.2) is 45.4 Å². The average molecular weight is 492 g/mol. The summed E-state index contributed by atoms with van der Waals surface area (Å²) in [5, 5.41) is 30.9. The second-order valence-corrected chi connectivity index (χ2v) is 9.78. The van der Waals surface area contributed by atoms with E-state index in [1.54, 1.807) is 16.8 Å². The van der Waals surface area contributed by atoms with Crippen molar-refractivity contribution in [3.05, 3.63) is 65.1 Å². The van der Waals surface area contributed by atoms with Gasteiger partial charge in [0, 0.05) is 23.5 Å². The Balaban J connectivity index is 1.42. The highest BCUT2D eigenvalue weighted by Gasteiger charge is 2.44. The summed E-state index contributed by atoms with van der Waals surface area (Å²) < 4.78 is 21.0. The van der Waals surface area contributed by atoms with E-state index in [9.17, 15) is 14.8 Å². The van der Waals surface area contributed by atoms with Crippen molar-refractivity contribution >= 4 is 11.2 Å². The molecule has 1 aliphatic carbocycles. The Morgan fingerprint density at radius 3 is 2.83 bits per heavy atom. The Labute approximate surface area is 208 Å². The smallest absolute Gasteiger partial charge is 0.163 e. The number of hydrogen-bond donors (Lipinski definition) is 4. The normalized spacial score (nSPS) is 18.8. The number of aliphatic hydroxyl groups is 1. The largest absolute Gasteiger partial charge is 0.479 e. The van der Waals surface area contributed by atoms with Crippen LogP contribution in [0.3, 0.4) is 0 Å². The first-order chi connectivity index (χ1) is 17.4. The first kappa shape index (κ1) is 24.0. The molecule has 3 aromatic heterocycles. The van der Waals surface area contributed by atoms with Gasteiger partial charge in [0.05, 0.1) is 30.4 Å². The van der Waals surface area contributed by atoms with E-state index in [2.05, 4.69) is 26.8 Å². The third-order valence-electron chi connectivity index (χ3n) is 7.37. The summed E-state index contributed by atoms with van der Waals surface area (Å²) in [5.41, 5.74) is 10.2. The van der Waals surface area contributed by atoms with Crippen LogP contribution in [0.2, 0.25) is 0 Å². The molecule has 3 aromatic rings. The van der Waals surface area contributed by atoms with Gasteiger partial charge >= 0.3 is 0 Å². The molecule has 1 spiro atoms. The maximum absolute atomic E-state index is 13.3. The Morgan fingerprint density at radius 2 is 2.17 bits per heavy atom. The van der Waals surface area contributed by atoms with Gasteiger partial charge in [-0.15, -0.1) is 0 Å². The molecule has 0 bridgehead atoms. The minimum atomic E-state index is -0.869. The molecule has 0 aromatic carbocycles. The van der Waals surface area contributed by atoms with Crippen LogP contribution < -0.4 is 21.1 Å². The van der Waals surface area contributed by atoms with Crippen LogP contribution in [-0.2, 0) is 0 Å². The molecule has 10 heteroatoms. The number of allylic oxidation sites excluding steroid dienone is 1. The molecule has 0 amide bonds. The molecule has 0 radical (unpaired) electrons. The molecule has 5 rings (SSSR count). The fourth-order valence-electron chi connectivity index (χ4n) is 5.38. The van der Waals surface area contributed by atoms with E-state index < -0.39 is 18.5 Å². The van der Waals surface area contributed by atoms with Crippen molar-refractivity contribution in [1.29, 1.82) is 5.26 Å². The lowest BCUT2D eigenvalue weighted by atomic mass is 9.60. The molecule has 188 valence electrons. The van der Waals surface area contributed by atoms with E-state index in [0.717, 1.165) is 37.8 Å². The van der Waals surface area contributed by atoms with Gasteiger partial charge in [-0.1, -0.05) is 0 Å². The molecule has 4 heterocycles. The number of ether oxygens (including phenoxy) is 1. The molecule has 5 N–H and O–H groups in total. The molecule has 1 unspecified atom stereocenters. The van der Waals surface area contributed by atoms with E-state index in [1.807, 2.05) is 6.92 Å². The molecule has 1 atom stereocenters. The second kappa shape index (κ2) is 9.76. The van der Waals surface area contributed by atoms with Crippen molar-refractivity contribution in [2.75, 3.05) is 19.7 Å². The van der Waals surface area contributed by atoms with Gasteiger partial charge in [0.15, 0.2) is 6.10 Å². The first-order valence-corrected chi connectivity index (χ1v) is 12.2. The lowest BCUT2D eigenvalue weighted by Gasteiger charge is -2.51. The zero-order chi connectivity index (χ0) is 25.3. The van der Waals surface area contributed by atoms with Gasteiger partial charge in [0.2, 0.25) is 0 Å². The van der Waals surface area contributed by atoms with Crippen molar-refractivity contribution in [2.45, 2.75) is 44.8 Å². The van der Waals surface area contributed by atoms with Gasteiger partial charge in [-0.2, -0.15) is 10.4 Å². The van der Waals surface area contributed by atoms with E-state index in [1.165, 1.54) is 31.2 Å².